The fourth-order valence-electron chi connectivity index (χ4n) is 0.978. The summed E-state index contributed by atoms with van der Waals surface area (Å²) in [5, 5.41) is 0. The monoisotopic (exact) mass is 143 g/mol. The molecule has 0 aromatic rings. The number of aldehydes is 1. The van der Waals surface area contributed by atoms with Crippen LogP contribution in [0, 0.1) is 5.92 Å². The van der Waals surface area contributed by atoms with E-state index in [0.29, 0.717) is 12.8 Å². The Morgan fingerprint density at radius 1 is 1.60 bits per heavy atom. The van der Waals surface area contributed by atoms with E-state index in [4.69, 9.17) is 5.73 Å². The van der Waals surface area contributed by atoms with E-state index in [2.05, 4.69) is 4.74 Å². The van der Waals surface area contributed by atoms with Gasteiger partial charge in [-0.15, -0.1) is 0 Å². The summed E-state index contributed by atoms with van der Waals surface area (Å²) >= 11 is 0. The summed E-state index contributed by atoms with van der Waals surface area (Å²) in [5.41, 5.74) is 4.74. The van der Waals surface area contributed by atoms with Crippen LogP contribution in [0.2, 0.25) is 0 Å². The molecule has 0 saturated heterocycles. The molecule has 1 aliphatic rings. The molecule has 0 radical (unpaired) electrons. The van der Waals surface area contributed by atoms with Gasteiger partial charge >= 0.3 is 6.09 Å². The van der Waals surface area contributed by atoms with Crippen molar-refractivity contribution in [1.82, 2.24) is 0 Å². The SMILES string of the molecule is NC(=O)OC1CC(C=O)C1. The lowest BCUT2D eigenvalue weighted by molar-refractivity contribution is -0.116. The summed E-state index contributed by atoms with van der Waals surface area (Å²) in [6.45, 7) is 0. The highest BCUT2D eigenvalue weighted by molar-refractivity contribution is 5.65. The van der Waals surface area contributed by atoms with Gasteiger partial charge in [0, 0.05) is 5.92 Å². The molecule has 0 aromatic heterocycles. The van der Waals surface area contributed by atoms with Crippen LogP contribution < -0.4 is 5.73 Å². The van der Waals surface area contributed by atoms with Gasteiger partial charge in [-0.05, 0) is 12.8 Å². The molecule has 0 heterocycles. The van der Waals surface area contributed by atoms with E-state index >= 15 is 0 Å². The summed E-state index contributed by atoms with van der Waals surface area (Å²) in [6, 6.07) is 0. The molecular weight excluding hydrogens is 134 g/mol. The molecule has 0 unspecified atom stereocenters. The lowest BCUT2D eigenvalue weighted by Crippen LogP contribution is -2.35. The average molecular weight is 143 g/mol. The maximum absolute atomic E-state index is 10.1. The number of amides is 1. The standard InChI is InChI=1S/C6H9NO3/c7-6(9)10-5-1-4(2-5)3-8/h3-5H,1-2H2,(H2,7,9). The average Bonchev–Trinajstić information content (AvgIpc) is 1.76. The van der Waals surface area contributed by atoms with Crippen molar-refractivity contribution in [2.45, 2.75) is 18.9 Å². The molecule has 4 nitrogen and oxygen atoms in total. The van der Waals surface area contributed by atoms with Crippen LogP contribution in [0.5, 0.6) is 0 Å². The molecule has 1 amide bonds. The van der Waals surface area contributed by atoms with Crippen LogP contribution in [-0.4, -0.2) is 18.5 Å². The molecule has 1 rings (SSSR count). The minimum absolute atomic E-state index is 0.0735. The van der Waals surface area contributed by atoms with E-state index in [0.717, 1.165) is 6.29 Å². The van der Waals surface area contributed by atoms with Crippen LogP contribution in [0.3, 0.4) is 0 Å². The molecule has 0 spiro atoms. The van der Waals surface area contributed by atoms with Gasteiger partial charge in [0.25, 0.3) is 0 Å². The summed E-state index contributed by atoms with van der Waals surface area (Å²) < 4.78 is 4.60. The predicted molar refractivity (Wildman–Crippen MR) is 33.2 cm³/mol. The minimum Gasteiger partial charge on any atom is -0.446 e. The van der Waals surface area contributed by atoms with Crippen molar-refractivity contribution in [3.05, 3.63) is 0 Å². The highest BCUT2D eigenvalue weighted by Crippen LogP contribution is 2.27. The van der Waals surface area contributed by atoms with Crippen LogP contribution in [0.4, 0.5) is 4.79 Å². The lowest BCUT2D eigenvalue weighted by Gasteiger charge is -2.29. The number of nitrogens with two attached hydrogens (primary N) is 1. The van der Waals surface area contributed by atoms with Gasteiger partial charge in [-0.3, -0.25) is 0 Å². The van der Waals surface area contributed by atoms with Crippen molar-refractivity contribution in [2.24, 2.45) is 11.7 Å². The molecule has 0 aliphatic heterocycles. The Bertz CT molecular complexity index is 151. The molecule has 0 bridgehead atoms. The highest BCUT2D eigenvalue weighted by Gasteiger charge is 2.31. The molecule has 1 saturated carbocycles. The summed E-state index contributed by atoms with van der Waals surface area (Å²) in [6.07, 6.45) is 1.27. The maximum atomic E-state index is 10.1. The van der Waals surface area contributed by atoms with Crippen molar-refractivity contribution in [2.75, 3.05) is 0 Å². The second-order valence-corrected chi connectivity index (χ2v) is 2.43. The molecule has 0 aromatic carbocycles. The number of ether oxygens (including phenoxy) is 1. The maximum Gasteiger partial charge on any atom is 0.404 e. The highest BCUT2D eigenvalue weighted by atomic mass is 16.6. The fraction of sp³-hybridized carbons (Fsp3) is 0.667. The van der Waals surface area contributed by atoms with Crippen molar-refractivity contribution in [3.8, 4) is 0 Å². The van der Waals surface area contributed by atoms with Gasteiger partial charge in [0.2, 0.25) is 0 Å². The summed E-state index contributed by atoms with van der Waals surface area (Å²) in [4.78, 5) is 20.2. The van der Waals surface area contributed by atoms with Crippen LogP contribution in [0.1, 0.15) is 12.8 Å². The number of carbonyl (C=O) groups is 2. The number of carbonyl (C=O) groups excluding carboxylic acids is 2. The molecule has 0 atom stereocenters. The summed E-state index contributed by atoms with van der Waals surface area (Å²) in [7, 11) is 0. The molecule has 1 aliphatic carbocycles. The normalized spacial score (nSPS) is 30.4. The first kappa shape index (κ1) is 7.05. The number of rotatable bonds is 2. The van der Waals surface area contributed by atoms with Gasteiger partial charge in [0.15, 0.2) is 0 Å². The molecule has 10 heavy (non-hydrogen) atoms. The van der Waals surface area contributed by atoms with Crippen LogP contribution in [0.15, 0.2) is 0 Å². The van der Waals surface area contributed by atoms with Gasteiger partial charge in [-0.2, -0.15) is 0 Å². The number of primary amides is 1. The second-order valence-electron chi connectivity index (χ2n) is 2.43. The summed E-state index contributed by atoms with van der Waals surface area (Å²) in [5.74, 6) is 0.0735. The largest absolute Gasteiger partial charge is 0.446 e. The van der Waals surface area contributed by atoms with Gasteiger partial charge in [-0.25, -0.2) is 4.79 Å². The number of hydrogen-bond acceptors (Lipinski definition) is 3. The predicted octanol–water partition coefficient (Wildman–Crippen LogP) is 0.0592. The fourth-order valence-corrected chi connectivity index (χ4v) is 0.978. The van der Waals surface area contributed by atoms with Crippen LogP contribution >= 0.6 is 0 Å². The minimum atomic E-state index is -0.755. The van der Waals surface area contributed by atoms with E-state index in [-0.39, 0.29) is 12.0 Å². The second kappa shape index (κ2) is 2.68. The Morgan fingerprint density at radius 3 is 2.60 bits per heavy atom. The van der Waals surface area contributed by atoms with E-state index in [1.54, 1.807) is 0 Å². The zero-order valence-corrected chi connectivity index (χ0v) is 5.45. The smallest absolute Gasteiger partial charge is 0.404 e. The Morgan fingerprint density at radius 2 is 2.20 bits per heavy atom. The first-order valence-corrected chi connectivity index (χ1v) is 3.13. The molecule has 4 heteroatoms. The van der Waals surface area contributed by atoms with Gasteiger partial charge in [0.1, 0.15) is 12.4 Å². The van der Waals surface area contributed by atoms with E-state index in [1.165, 1.54) is 0 Å². The topological polar surface area (TPSA) is 69.4 Å². The molecule has 1 fully saturated rings. The molecule has 2 N–H and O–H groups in total. The van der Waals surface area contributed by atoms with Crippen LogP contribution in [-0.2, 0) is 9.53 Å². The van der Waals surface area contributed by atoms with Crippen LogP contribution in [0.25, 0.3) is 0 Å². The number of hydrogen-bond donors (Lipinski definition) is 1. The van der Waals surface area contributed by atoms with E-state index in [1.807, 2.05) is 0 Å². The molecular formula is C6H9NO3. The quantitative estimate of drug-likeness (QED) is 0.555. The zero-order valence-electron chi connectivity index (χ0n) is 5.45. The lowest BCUT2D eigenvalue weighted by atomic mass is 9.84. The Hall–Kier alpha value is -1.06. The van der Waals surface area contributed by atoms with Crippen molar-refractivity contribution >= 4 is 12.4 Å². The van der Waals surface area contributed by atoms with Gasteiger partial charge in [-0.1, -0.05) is 0 Å². The van der Waals surface area contributed by atoms with E-state index < -0.39 is 6.09 Å². The first-order chi connectivity index (χ1) is 4.72. The van der Waals surface area contributed by atoms with Gasteiger partial charge < -0.3 is 15.3 Å². The Labute approximate surface area is 58.3 Å². The van der Waals surface area contributed by atoms with Crippen molar-refractivity contribution in [1.29, 1.82) is 0 Å². The zero-order chi connectivity index (χ0) is 7.56. The van der Waals surface area contributed by atoms with E-state index in [9.17, 15) is 9.59 Å². The molecule has 56 valence electrons. The third kappa shape index (κ3) is 1.46. The van der Waals surface area contributed by atoms with Gasteiger partial charge in [0.05, 0.1) is 0 Å². The van der Waals surface area contributed by atoms with Crippen molar-refractivity contribution < 1.29 is 14.3 Å². The Balaban J connectivity index is 2.14. The van der Waals surface area contributed by atoms with Crippen molar-refractivity contribution in [3.63, 3.8) is 0 Å². The third-order valence-corrected chi connectivity index (χ3v) is 1.61. The first-order valence-electron chi connectivity index (χ1n) is 3.13. The third-order valence-electron chi connectivity index (χ3n) is 1.61. The Kier molecular flexibility index (Phi) is 1.89.